The fourth-order valence-corrected chi connectivity index (χ4v) is 2.61. The lowest BCUT2D eigenvalue weighted by Crippen LogP contribution is -1.85. The summed E-state index contributed by atoms with van der Waals surface area (Å²) in [5.41, 5.74) is 9.52. The molecule has 0 spiro atoms. The summed E-state index contributed by atoms with van der Waals surface area (Å²) in [6, 6.07) is 8.40. The molecule has 0 unspecified atom stereocenters. The predicted molar refractivity (Wildman–Crippen MR) is 64.2 cm³/mol. The summed E-state index contributed by atoms with van der Waals surface area (Å²) in [4.78, 5) is 2.74. The standard InChI is InChI=1S/C11H11N3S/c12-14-13-7-3-4-9-8-15-11-6-2-1-5-10(9)11/h1-2,5-6,8H,3-4,7H2. The van der Waals surface area contributed by atoms with Crippen molar-refractivity contribution in [2.45, 2.75) is 12.8 Å². The van der Waals surface area contributed by atoms with Gasteiger partial charge in [-0.3, -0.25) is 0 Å². The molecule has 3 nitrogen and oxygen atoms in total. The third kappa shape index (κ3) is 2.29. The highest BCUT2D eigenvalue weighted by Crippen LogP contribution is 2.26. The van der Waals surface area contributed by atoms with Crippen molar-refractivity contribution in [3.05, 3.63) is 45.7 Å². The maximum atomic E-state index is 8.16. The Morgan fingerprint density at radius 1 is 1.33 bits per heavy atom. The molecule has 15 heavy (non-hydrogen) atoms. The highest BCUT2D eigenvalue weighted by Gasteiger charge is 2.01. The van der Waals surface area contributed by atoms with Gasteiger partial charge in [-0.15, -0.1) is 11.3 Å². The molecule has 0 amide bonds. The van der Waals surface area contributed by atoms with Gasteiger partial charge < -0.3 is 0 Å². The molecule has 1 aromatic carbocycles. The van der Waals surface area contributed by atoms with Gasteiger partial charge in [0.05, 0.1) is 0 Å². The normalized spacial score (nSPS) is 10.1. The van der Waals surface area contributed by atoms with Crippen LogP contribution in [0.1, 0.15) is 12.0 Å². The van der Waals surface area contributed by atoms with Gasteiger partial charge >= 0.3 is 0 Å². The minimum atomic E-state index is 0.584. The molecular formula is C11H11N3S. The summed E-state index contributed by atoms with van der Waals surface area (Å²) in [6.07, 6.45) is 1.91. The van der Waals surface area contributed by atoms with Crippen LogP contribution in [0.2, 0.25) is 0 Å². The van der Waals surface area contributed by atoms with Gasteiger partial charge in [0.1, 0.15) is 0 Å². The predicted octanol–water partition coefficient (Wildman–Crippen LogP) is 4.14. The Hall–Kier alpha value is -1.51. The second-order valence-electron chi connectivity index (χ2n) is 3.32. The van der Waals surface area contributed by atoms with Gasteiger partial charge in [0.25, 0.3) is 0 Å². The highest BCUT2D eigenvalue weighted by atomic mass is 32.1. The highest BCUT2D eigenvalue weighted by molar-refractivity contribution is 7.17. The number of nitrogens with zero attached hydrogens (tertiary/aromatic N) is 3. The topological polar surface area (TPSA) is 48.8 Å². The van der Waals surface area contributed by atoms with E-state index in [9.17, 15) is 0 Å². The Kier molecular flexibility index (Phi) is 3.22. The van der Waals surface area contributed by atoms with Crippen molar-refractivity contribution >= 4 is 21.4 Å². The van der Waals surface area contributed by atoms with Crippen LogP contribution in [0, 0.1) is 0 Å². The Bertz CT molecular complexity index is 497. The van der Waals surface area contributed by atoms with Crippen molar-refractivity contribution in [1.82, 2.24) is 0 Å². The molecule has 1 aromatic heterocycles. The molecule has 2 rings (SSSR count). The van der Waals surface area contributed by atoms with Crippen LogP contribution < -0.4 is 0 Å². The number of thiophene rings is 1. The maximum Gasteiger partial charge on any atom is 0.0345 e. The zero-order chi connectivity index (χ0) is 10.5. The molecule has 0 fully saturated rings. The first-order valence-electron chi connectivity index (χ1n) is 4.88. The number of benzene rings is 1. The Balaban J connectivity index is 2.11. The van der Waals surface area contributed by atoms with Crippen LogP contribution in [0.4, 0.5) is 0 Å². The van der Waals surface area contributed by atoms with E-state index in [-0.39, 0.29) is 0 Å². The number of rotatable bonds is 4. The lowest BCUT2D eigenvalue weighted by atomic mass is 10.1. The molecule has 0 saturated carbocycles. The molecular weight excluding hydrogens is 206 g/mol. The summed E-state index contributed by atoms with van der Waals surface area (Å²) < 4.78 is 1.33. The lowest BCUT2D eigenvalue weighted by molar-refractivity contribution is 0.833. The Morgan fingerprint density at radius 2 is 2.20 bits per heavy atom. The molecule has 76 valence electrons. The van der Waals surface area contributed by atoms with Crippen molar-refractivity contribution in [2.75, 3.05) is 6.54 Å². The second-order valence-corrected chi connectivity index (χ2v) is 4.23. The average molecular weight is 217 g/mol. The van der Waals surface area contributed by atoms with Crippen LogP contribution in [-0.2, 0) is 6.42 Å². The van der Waals surface area contributed by atoms with Crippen LogP contribution >= 0.6 is 11.3 Å². The molecule has 2 aromatic rings. The molecule has 0 bridgehead atoms. The van der Waals surface area contributed by atoms with Crippen molar-refractivity contribution in [3.63, 3.8) is 0 Å². The number of hydrogen-bond acceptors (Lipinski definition) is 2. The largest absolute Gasteiger partial charge is 0.144 e. The van der Waals surface area contributed by atoms with Gasteiger partial charge in [0.15, 0.2) is 0 Å². The number of fused-ring (bicyclic) bond motifs is 1. The number of aryl methyl sites for hydroxylation is 1. The Morgan fingerprint density at radius 3 is 3.07 bits per heavy atom. The molecule has 1 heterocycles. The van der Waals surface area contributed by atoms with Crippen LogP contribution in [0.3, 0.4) is 0 Å². The first-order valence-corrected chi connectivity index (χ1v) is 5.76. The van der Waals surface area contributed by atoms with E-state index in [2.05, 4.69) is 39.7 Å². The van der Waals surface area contributed by atoms with Gasteiger partial charge in [-0.05, 0) is 40.8 Å². The molecule has 0 saturated heterocycles. The van der Waals surface area contributed by atoms with Gasteiger partial charge in [0, 0.05) is 16.2 Å². The first-order chi connectivity index (χ1) is 7.42. The zero-order valence-electron chi connectivity index (χ0n) is 8.26. The monoisotopic (exact) mass is 217 g/mol. The minimum absolute atomic E-state index is 0.584. The summed E-state index contributed by atoms with van der Waals surface area (Å²) >= 11 is 1.77. The van der Waals surface area contributed by atoms with E-state index in [0.29, 0.717) is 6.54 Å². The summed E-state index contributed by atoms with van der Waals surface area (Å²) in [5, 5.41) is 7.07. The Labute approximate surface area is 92.0 Å². The zero-order valence-corrected chi connectivity index (χ0v) is 9.07. The lowest BCUT2D eigenvalue weighted by Gasteiger charge is -1.96. The number of azide groups is 1. The molecule has 0 aliphatic carbocycles. The summed E-state index contributed by atoms with van der Waals surface area (Å²) in [6.45, 7) is 0.584. The van der Waals surface area contributed by atoms with Gasteiger partial charge in [-0.1, -0.05) is 23.3 Å². The molecule has 0 radical (unpaired) electrons. The van der Waals surface area contributed by atoms with E-state index in [1.54, 1.807) is 11.3 Å². The van der Waals surface area contributed by atoms with E-state index in [4.69, 9.17) is 5.53 Å². The average Bonchev–Trinajstić information content (AvgIpc) is 2.68. The van der Waals surface area contributed by atoms with Crippen molar-refractivity contribution in [3.8, 4) is 0 Å². The van der Waals surface area contributed by atoms with E-state index in [0.717, 1.165) is 12.8 Å². The van der Waals surface area contributed by atoms with Crippen LogP contribution in [0.15, 0.2) is 34.8 Å². The molecule has 0 N–H and O–H groups in total. The molecule has 0 aliphatic rings. The quantitative estimate of drug-likeness (QED) is 0.320. The van der Waals surface area contributed by atoms with Crippen molar-refractivity contribution < 1.29 is 0 Å². The SMILES string of the molecule is [N-]=[N+]=NCCCc1csc2ccccc12. The fourth-order valence-electron chi connectivity index (χ4n) is 1.61. The third-order valence-corrected chi connectivity index (χ3v) is 3.34. The van der Waals surface area contributed by atoms with Gasteiger partial charge in [0.2, 0.25) is 0 Å². The van der Waals surface area contributed by atoms with E-state index >= 15 is 0 Å². The summed E-state index contributed by atoms with van der Waals surface area (Å²) in [5.74, 6) is 0. The van der Waals surface area contributed by atoms with Crippen molar-refractivity contribution in [1.29, 1.82) is 0 Å². The third-order valence-electron chi connectivity index (χ3n) is 2.33. The van der Waals surface area contributed by atoms with Gasteiger partial charge in [-0.25, -0.2) is 0 Å². The molecule has 4 heteroatoms. The van der Waals surface area contributed by atoms with Crippen molar-refractivity contribution in [2.24, 2.45) is 5.11 Å². The minimum Gasteiger partial charge on any atom is -0.144 e. The molecule has 0 atom stereocenters. The van der Waals surface area contributed by atoms with Crippen LogP contribution in [0.5, 0.6) is 0 Å². The maximum absolute atomic E-state index is 8.16. The number of hydrogen-bond donors (Lipinski definition) is 0. The van der Waals surface area contributed by atoms with E-state index in [1.807, 2.05) is 0 Å². The molecule has 0 aliphatic heterocycles. The second kappa shape index (κ2) is 4.82. The first kappa shape index (κ1) is 10.0. The van der Waals surface area contributed by atoms with Gasteiger partial charge in [-0.2, -0.15) is 0 Å². The fraction of sp³-hybridized carbons (Fsp3) is 0.273. The van der Waals surface area contributed by atoms with E-state index < -0.39 is 0 Å². The smallest absolute Gasteiger partial charge is 0.0345 e. The summed E-state index contributed by atoms with van der Waals surface area (Å²) in [7, 11) is 0. The van der Waals surface area contributed by atoms with E-state index in [1.165, 1.54) is 15.6 Å². The van der Waals surface area contributed by atoms with Crippen LogP contribution in [-0.4, -0.2) is 6.54 Å². The van der Waals surface area contributed by atoms with Crippen LogP contribution in [0.25, 0.3) is 20.5 Å².